The maximum absolute atomic E-state index is 12.4. The zero-order valence-electron chi connectivity index (χ0n) is 40.4. The quantitative estimate of drug-likeness (QED) is 0.0319. The summed E-state index contributed by atoms with van der Waals surface area (Å²) in [6.45, 7) is 6.18. The van der Waals surface area contributed by atoms with E-state index < -0.39 is 36.4 Å². The highest BCUT2D eigenvalue weighted by Gasteiger charge is 2.24. The Morgan fingerprint density at radius 1 is 0.559 bits per heavy atom. The number of ether oxygens (including phenoxy) is 4. The number of hydrogen-bond donors (Lipinski definition) is 8. The Bertz CT molecular complexity index is 1450. The number of aliphatic hydroxyl groups excluding tert-OH is 2. The van der Waals surface area contributed by atoms with E-state index in [4.69, 9.17) is 34.3 Å². The molecule has 0 radical (unpaired) electrons. The third-order valence-electron chi connectivity index (χ3n) is 10.5. The van der Waals surface area contributed by atoms with E-state index in [0.29, 0.717) is 25.2 Å². The molecule has 3 atom stereocenters. The Balaban J connectivity index is 3.71. The van der Waals surface area contributed by atoms with E-state index in [1.807, 2.05) is 0 Å². The van der Waals surface area contributed by atoms with Crippen LogP contribution in [0, 0.1) is 11.8 Å². The molecule has 0 aromatic rings. The van der Waals surface area contributed by atoms with Gasteiger partial charge in [0, 0.05) is 70.0 Å². The van der Waals surface area contributed by atoms with Gasteiger partial charge in [0.1, 0.15) is 30.5 Å². The molecule has 392 valence electrons. The number of carboxylic acids is 2. The summed E-state index contributed by atoms with van der Waals surface area (Å²) in [7, 11) is 0. The van der Waals surface area contributed by atoms with Gasteiger partial charge in [-0.3, -0.25) is 38.4 Å². The summed E-state index contributed by atoms with van der Waals surface area (Å²) in [5, 5.41) is 47.4. The molecule has 0 aliphatic rings. The first-order chi connectivity index (χ1) is 32.7. The Hall–Kier alpha value is -4.15. The molecule has 0 spiro atoms. The van der Waals surface area contributed by atoms with Crippen LogP contribution in [-0.2, 0) is 57.3 Å². The molecule has 0 rings (SSSR count). The number of aliphatic carboxylic acids is 2. The Morgan fingerprint density at radius 2 is 1.06 bits per heavy atom. The summed E-state index contributed by atoms with van der Waals surface area (Å²) in [4.78, 5) is 94.4. The van der Waals surface area contributed by atoms with Crippen LogP contribution in [0.5, 0.6) is 0 Å². The van der Waals surface area contributed by atoms with Crippen LogP contribution in [0.4, 0.5) is 0 Å². The van der Waals surface area contributed by atoms with Crippen LogP contribution < -0.4 is 21.3 Å². The van der Waals surface area contributed by atoms with Crippen molar-refractivity contribution < 1.29 is 77.7 Å². The van der Waals surface area contributed by atoms with Gasteiger partial charge in [0.25, 0.3) is 0 Å². The zero-order chi connectivity index (χ0) is 50.6. The topological polar surface area (TPSA) is 303 Å². The number of thioether (sulfide) groups is 1. The maximum atomic E-state index is 12.4. The molecular formula is C47H82N4O16S. The highest BCUT2D eigenvalue weighted by molar-refractivity contribution is 7.99. The molecule has 0 heterocycles. The molecule has 0 aliphatic heterocycles. The first kappa shape index (κ1) is 63.8. The summed E-state index contributed by atoms with van der Waals surface area (Å²) in [6.07, 6.45) is 14.2. The van der Waals surface area contributed by atoms with Crippen molar-refractivity contribution in [1.29, 1.82) is 0 Å². The molecule has 0 fully saturated rings. The van der Waals surface area contributed by atoms with Crippen molar-refractivity contribution in [3.8, 4) is 0 Å². The van der Waals surface area contributed by atoms with Gasteiger partial charge >= 0.3 is 11.9 Å². The van der Waals surface area contributed by atoms with Crippen LogP contribution in [0.25, 0.3) is 0 Å². The Kier molecular flexibility index (Phi) is 41.4. The minimum Gasteiger partial charge on any atom is -0.511 e. The normalized spacial score (nSPS) is 12.4. The van der Waals surface area contributed by atoms with Crippen LogP contribution in [0.2, 0.25) is 0 Å². The number of aliphatic hydroxyl groups is 2. The van der Waals surface area contributed by atoms with E-state index in [0.717, 1.165) is 51.4 Å². The fourth-order valence-corrected chi connectivity index (χ4v) is 7.35. The van der Waals surface area contributed by atoms with E-state index in [1.165, 1.54) is 37.4 Å². The van der Waals surface area contributed by atoms with Crippen LogP contribution in [0.3, 0.4) is 0 Å². The van der Waals surface area contributed by atoms with Gasteiger partial charge in [-0.1, -0.05) is 77.7 Å². The lowest BCUT2D eigenvalue weighted by molar-refractivity contribution is -0.145. The molecule has 0 bridgehead atoms. The molecule has 0 aromatic heterocycles. The number of unbranched alkanes of at least 4 members (excludes halogenated alkanes) is 11. The van der Waals surface area contributed by atoms with Gasteiger partial charge in [-0.15, -0.1) is 0 Å². The summed E-state index contributed by atoms with van der Waals surface area (Å²) in [6, 6.07) is -0.678. The van der Waals surface area contributed by atoms with E-state index in [-0.39, 0.29) is 145 Å². The van der Waals surface area contributed by atoms with Gasteiger partial charge in [0.15, 0.2) is 0 Å². The number of rotatable bonds is 49. The second kappa shape index (κ2) is 44.1. The van der Waals surface area contributed by atoms with E-state index in [9.17, 15) is 43.5 Å². The van der Waals surface area contributed by atoms with Crippen molar-refractivity contribution in [3.63, 3.8) is 0 Å². The second-order valence-corrected chi connectivity index (χ2v) is 17.6. The first-order valence-electron chi connectivity index (χ1n) is 24.1. The monoisotopic (exact) mass is 991 g/mol. The smallest absolute Gasteiger partial charge is 0.309 e. The summed E-state index contributed by atoms with van der Waals surface area (Å²) in [5.41, 5.74) is 0. The number of nitrogens with one attached hydrogen (secondary N) is 4. The van der Waals surface area contributed by atoms with Crippen molar-refractivity contribution in [3.05, 3.63) is 12.3 Å². The minimum atomic E-state index is -1.23. The van der Waals surface area contributed by atoms with Gasteiger partial charge in [0.05, 0.1) is 57.4 Å². The lowest BCUT2D eigenvalue weighted by atomic mass is 9.97. The summed E-state index contributed by atoms with van der Waals surface area (Å²) >= 11 is 1.22. The summed E-state index contributed by atoms with van der Waals surface area (Å²) in [5.74, 6) is -4.79. The van der Waals surface area contributed by atoms with Crippen molar-refractivity contribution in [2.24, 2.45) is 11.8 Å². The molecule has 0 aliphatic carbocycles. The lowest BCUT2D eigenvalue weighted by Crippen LogP contribution is -2.37. The largest absolute Gasteiger partial charge is 0.511 e. The predicted octanol–water partition coefficient (Wildman–Crippen LogP) is 3.66. The standard InChI is InChI=1S/C47H82N4O16S/c1-36(41(55)30-38(31-52)47(62)63)34-68-35-45(59)49-22-21-48-43(57)32-67-29-27-65-25-23-50-44(58)33-66-28-26-64-24-15-16-39(54)19-20-40(37(2)53)51-42(56)17-13-11-9-7-5-3-4-6-8-10-12-14-18-46(60)61/h36,38,40,52-53H,2-35H2,1H3,(H,48,57)(H,49,59)(H,50,58)(H,51,56)(H,60,61)(H,62,63)/t36-,38-,40-/m0/s1. The Morgan fingerprint density at radius 3 is 1.59 bits per heavy atom. The molecule has 20 nitrogen and oxygen atoms in total. The second-order valence-electron chi connectivity index (χ2n) is 16.6. The van der Waals surface area contributed by atoms with Crippen molar-refractivity contribution in [2.45, 2.75) is 135 Å². The predicted molar refractivity (Wildman–Crippen MR) is 256 cm³/mol. The molecule has 21 heteroatoms. The SMILES string of the molecule is C=C(O)[C@H](CCC(=O)CCCOCCOCC(=O)NCCOCCOCC(=O)NCCNC(=O)CSC[C@H](C)C(=O)C[C@@H](CO)C(=O)O)NC(=O)CCCCCCCCCCCCCCC(=O)O. The van der Waals surface area contributed by atoms with Crippen molar-refractivity contribution in [1.82, 2.24) is 21.3 Å². The van der Waals surface area contributed by atoms with Crippen LogP contribution in [0.1, 0.15) is 129 Å². The number of carbonyl (C=O) groups excluding carboxylic acids is 6. The summed E-state index contributed by atoms with van der Waals surface area (Å²) < 4.78 is 21.4. The first-order valence-corrected chi connectivity index (χ1v) is 25.3. The highest BCUT2D eigenvalue weighted by Crippen LogP contribution is 2.16. The molecule has 0 aromatic carbocycles. The molecule has 0 unspecified atom stereocenters. The fourth-order valence-electron chi connectivity index (χ4n) is 6.40. The van der Waals surface area contributed by atoms with Crippen molar-refractivity contribution in [2.75, 3.05) is 90.6 Å². The maximum Gasteiger partial charge on any atom is 0.309 e. The lowest BCUT2D eigenvalue weighted by Gasteiger charge is -2.17. The number of amides is 4. The molecular weight excluding hydrogens is 909 g/mol. The van der Waals surface area contributed by atoms with Crippen LogP contribution in [-0.4, -0.2) is 164 Å². The van der Waals surface area contributed by atoms with Crippen molar-refractivity contribution >= 4 is 58.9 Å². The van der Waals surface area contributed by atoms with E-state index >= 15 is 0 Å². The average molecular weight is 991 g/mol. The van der Waals surface area contributed by atoms with Gasteiger partial charge in [0.2, 0.25) is 23.6 Å². The number of carboxylic acid groups (broad SMARTS) is 2. The van der Waals surface area contributed by atoms with Gasteiger partial charge < -0.3 is 60.6 Å². The number of hydrogen-bond acceptors (Lipinski definition) is 15. The zero-order valence-corrected chi connectivity index (χ0v) is 41.2. The highest BCUT2D eigenvalue weighted by atomic mass is 32.2. The molecule has 68 heavy (non-hydrogen) atoms. The van der Waals surface area contributed by atoms with Gasteiger partial charge in [-0.2, -0.15) is 11.8 Å². The van der Waals surface area contributed by atoms with E-state index in [1.54, 1.807) is 6.92 Å². The van der Waals surface area contributed by atoms with E-state index in [2.05, 4.69) is 27.8 Å². The molecule has 4 amide bonds. The average Bonchev–Trinajstić information content (AvgIpc) is 3.29. The molecule has 8 N–H and O–H groups in total. The van der Waals surface area contributed by atoms with Crippen LogP contribution >= 0.6 is 11.8 Å². The minimum absolute atomic E-state index is 0.0143. The molecule has 0 saturated heterocycles. The third kappa shape index (κ3) is 40.9. The Labute approximate surface area is 406 Å². The van der Waals surface area contributed by atoms with Gasteiger partial charge in [-0.05, 0) is 25.7 Å². The number of ketones is 2. The van der Waals surface area contributed by atoms with Gasteiger partial charge in [-0.25, -0.2) is 0 Å². The number of Topliss-reactive ketones (excluding diaryl/α,β-unsaturated/α-hetero) is 2. The van der Waals surface area contributed by atoms with Crippen LogP contribution in [0.15, 0.2) is 12.3 Å². The number of carbonyl (C=O) groups is 8. The fraction of sp³-hybridized carbons (Fsp3) is 0.787. The molecule has 0 saturated carbocycles. The third-order valence-corrected chi connectivity index (χ3v) is 11.7.